The fourth-order valence-electron chi connectivity index (χ4n) is 4.48. The summed E-state index contributed by atoms with van der Waals surface area (Å²) in [6, 6.07) is 15.0. The van der Waals surface area contributed by atoms with Crippen molar-refractivity contribution in [1.29, 1.82) is 5.26 Å². The van der Waals surface area contributed by atoms with Crippen LogP contribution in [0.4, 0.5) is 0 Å². The number of imidazole rings is 1. The molecule has 0 bridgehead atoms. The summed E-state index contributed by atoms with van der Waals surface area (Å²) >= 11 is 1.59. The number of hydrogen-bond acceptors (Lipinski definition) is 6. The Bertz CT molecular complexity index is 1300. The Morgan fingerprint density at radius 1 is 1.15 bits per heavy atom. The van der Waals surface area contributed by atoms with Crippen molar-refractivity contribution in [2.24, 2.45) is 0 Å². The first kappa shape index (κ1) is 22.4. The lowest BCUT2D eigenvalue weighted by molar-refractivity contribution is 0.0960. The maximum atomic E-state index is 13.1. The van der Waals surface area contributed by atoms with Crippen molar-refractivity contribution >= 4 is 32.8 Å². The molecule has 7 nitrogen and oxygen atoms in total. The molecule has 172 valence electrons. The van der Waals surface area contributed by atoms with E-state index in [1.165, 1.54) is 0 Å². The maximum Gasteiger partial charge on any atom is 0.243 e. The maximum absolute atomic E-state index is 13.1. The Labute approximate surface area is 198 Å². The average Bonchev–Trinajstić information content (AvgIpc) is 3.60. The number of aromatic nitrogens is 2. The average molecular weight is 483 g/mol. The van der Waals surface area contributed by atoms with Crippen LogP contribution in [0.3, 0.4) is 0 Å². The second-order valence-corrected chi connectivity index (χ2v) is 11.4. The summed E-state index contributed by atoms with van der Waals surface area (Å²) in [6.07, 6.45) is 4.02. The van der Waals surface area contributed by atoms with Gasteiger partial charge in [-0.2, -0.15) is 9.57 Å². The number of sulfonamides is 1. The van der Waals surface area contributed by atoms with Crippen LogP contribution in [0.2, 0.25) is 0 Å². The standard InChI is InChI=1S/C24H26N4O3S2/c25-15-18-5-3-6-19(13-18)17-32-24-26-22-14-21(33(29,30)27-10-1-2-11-27)8-9-23(22)28(24)16-20-7-4-12-31-20/h3,5-6,8-9,13-14,20H,1-2,4,7,10-12,16-17H2/t20-/m0/s1. The van der Waals surface area contributed by atoms with Crippen LogP contribution in [0.15, 0.2) is 52.5 Å². The smallest absolute Gasteiger partial charge is 0.243 e. The third-order valence-electron chi connectivity index (χ3n) is 6.22. The third kappa shape index (κ3) is 4.66. The van der Waals surface area contributed by atoms with Gasteiger partial charge in [-0.1, -0.05) is 23.9 Å². The summed E-state index contributed by atoms with van der Waals surface area (Å²) in [5, 5.41) is 10.0. The van der Waals surface area contributed by atoms with E-state index in [1.54, 1.807) is 34.3 Å². The van der Waals surface area contributed by atoms with E-state index in [-0.39, 0.29) is 6.10 Å². The number of nitriles is 1. The Balaban J connectivity index is 1.48. The van der Waals surface area contributed by atoms with E-state index in [4.69, 9.17) is 9.72 Å². The SMILES string of the molecule is N#Cc1cccc(CSc2nc3cc(S(=O)(=O)N4CCCC4)ccc3n2C[C@@H]2CCCO2)c1. The molecule has 0 saturated carbocycles. The number of hydrogen-bond donors (Lipinski definition) is 0. The number of fused-ring (bicyclic) bond motifs is 1. The van der Waals surface area contributed by atoms with Crippen molar-refractivity contribution in [1.82, 2.24) is 13.9 Å². The zero-order valence-corrected chi connectivity index (χ0v) is 19.9. The van der Waals surface area contributed by atoms with Crippen LogP contribution in [0.5, 0.6) is 0 Å². The van der Waals surface area contributed by atoms with Crippen LogP contribution in [-0.4, -0.2) is 48.1 Å². The molecule has 9 heteroatoms. The van der Waals surface area contributed by atoms with E-state index in [0.717, 1.165) is 48.5 Å². The molecule has 2 aliphatic rings. The summed E-state index contributed by atoms with van der Waals surface area (Å²) in [7, 11) is -3.50. The molecule has 0 N–H and O–H groups in total. The second kappa shape index (κ2) is 9.47. The Morgan fingerprint density at radius 2 is 2.00 bits per heavy atom. The highest BCUT2D eigenvalue weighted by molar-refractivity contribution is 7.98. The van der Waals surface area contributed by atoms with Gasteiger partial charge >= 0.3 is 0 Å². The highest BCUT2D eigenvalue weighted by atomic mass is 32.2. The molecule has 0 aliphatic carbocycles. The van der Waals surface area contributed by atoms with Crippen LogP contribution < -0.4 is 0 Å². The van der Waals surface area contributed by atoms with Crippen molar-refractivity contribution in [3.8, 4) is 6.07 Å². The first-order chi connectivity index (χ1) is 16.0. The summed E-state index contributed by atoms with van der Waals surface area (Å²) in [5.74, 6) is 0.670. The molecule has 1 atom stereocenters. The zero-order valence-electron chi connectivity index (χ0n) is 18.3. The zero-order chi connectivity index (χ0) is 22.8. The summed E-state index contributed by atoms with van der Waals surface area (Å²) in [4.78, 5) is 5.14. The van der Waals surface area contributed by atoms with E-state index in [9.17, 15) is 13.7 Å². The van der Waals surface area contributed by atoms with Gasteiger partial charge in [0, 0.05) is 25.4 Å². The van der Waals surface area contributed by atoms with Gasteiger partial charge in [-0.15, -0.1) is 0 Å². The highest BCUT2D eigenvalue weighted by Gasteiger charge is 2.28. The third-order valence-corrected chi connectivity index (χ3v) is 9.16. The highest BCUT2D eigenvalue weighted by Crippen LogP contribution is 2.31. The minimum absolute atomic E-state index is 0.136. The number of rotatable bonds is 7. The van der Waals surface area contributed by atoms with Crippen LogP contribution in [0.25, 0.3) is 11.0 Å². The van der Waals surface area contributed by atoms with Gasteiger partial charge in [-0.3, -0.25) is 0 Å². The number of thioether (sulfide) groups is 1. The first-order valence-electron chi connectivity index (χ1n) is 11.3. The minimum Gasteiger partial charge on any atom is -0.376 e. The topological polar surface area (TPSA) is 88.2 Å². The largest absolute Gasteiger partial charge is 0.376 e. The molecule has 2 aromatic carbocycles. The van der Waals surface area contributed by atoms with Gasteiger partial charge in [0.15, 0.2) is 5.16 Å². The molecule has 2 aliphatic heterocycles. The van der Waals surface area contributed by atoms with Crippen molar-refractivity contribution in [2.45, 2.75) is 54.1 Å². The lowest BCUT2D eigenvalue weighted by atomic mass is 10.2. The number of nitrogens with zero attached hydrogens (tertiary/aromatic N) is 4. The van der Waals surface area contributed by atoms with E-state index in [2.05, 4.69) is 10.6 Å². The molecule has 3 heterocycles. The lowest BCUT2D eigenvalue weighted by Gasteiger charge is -2.16. The molecule has 0 spiro atoms. The molecule has 33 heavy (non-hydrogen) atoms. The van der Waals surface area contributed by atoms with Gasteiger partial charge in [0.2, 0.25) is 10.0 Å². The first-order valence-corrected chi connectivity index (χ1v) is 13.7. The number of ether oxygens (including phenoxy) is 1. The normalized spacial score (nSPS) is 19.3. The molecule has 1 aromatic heterocycles. The Kier molecular flexibility index (Phi) is 6.43. The molecule has 0 amide bonds. The van der Waals surface area contributed by atoms with Gasteiger partial charge < -0.3 is 9.30 Å². The van der Waals surface area contributed by atoms with E-state index in [1.807, 2.05) is 24.3 Å². The van der Waals surface area contributed by atoms with Gasteiger partial charge in [0.25, 0.3) is 0 Å². The fraction of sp³-hybridized carbons (Fsp3) is 0.417. The fourth-order valence-corrected chi connectivity index (χ4v) is 6.99. The molecule has 5 rings (SSSR count). The van der Waals surface area contributed by atoms with E-state index < -0.39 is 10.0 Å². The molecule has 0 unspecified atom stereocenters. The summed E-state index contributed by atoms with van der Waals surface area (Å²) in [6.45, 7) is 2.63. The molecular formula is C24H26N4O3S2. The summed E-state index contributed by atoms with van der Waals surface area (Å²) in [5.41, 5.74) is 3.28. The van der Waals surface area contributed by atoms with E-state index in [0.29, 0.717) is 41.4 Å². The quantitative estimate of drug-likeness (QED) is 0.470. The summed E-state index contributed by atoms with van der Waals surface area (Å²) < 4.78 is 35.7. The van der Waals surface area contributed by atoms with Crippen molar-refractivity contribution in [3.05, 3.63) is 53.6 Å². The lowest BCUT2D eigenvalue weighted by Crippen LogP contribution is -2.27. The van der Waals surface area contributed by atoms with Gasteiger partial charge in [-0.05, 0) is 61.6 Å². The van der Waals surface area contributed by atoms with Crippen molar-refractivity contribution < 1.29 is 13.2 Å². The van der Waals surface area contributed by atoms with Crippen molar-refractivity contribution in [2.75, 3.05) is 19.7 Å². The predicted octanol–water partition coefficient (Wildman–Crippen LogP) is 4.16. The van der Waals surface area contributed by atoms with Gasteiger partial charge in [0.05, 0.1) is 40.2 Å². The van der Waals surface area contributed by atoms with Crippen LogP contribution in [-0.2, 0) is 27.1 Å². The molecule has 0 radical (unpaired) electrons. The molecule has 3 aromatic rings. The molecule has 2 saturated heterocycles. The molecular weight excluding hydrogens is 456 g/mol. The Hall–Kier alpha value is -2.38. The predicted molar refractivity (Wildman–Crippen MR) is 127 cm³/mol. The number of benzene rings is 2. The van der Waals surface area contributed by atoms with Gasteiger partial charge in [-0.25, -0.2) is 13.4 Å². The Morgan fingerprint density at radius 3 is 2.76 bits per heavy atom. The van der Waals surface area contributed by atoms with Crippen molar-refractivity contribution in [3.63, 3.8) is 0 Å². The minimum atomic E-state index is -3.50. The van der Waals surface area contributed by atoms with E-state index >= 15 is 0 Å². The van der Waals surface area contributed by atoms with Gasteiger partial charge in [0.1, 0.15) is 0 Å². The van der Waals surface area contributed by atoms with Crippen LogP contribution in [0.1, 0.15) is 36.8 Å². The second-order valence-electron chi connectivity index (χ2n) is 8.50. The molecule has 2 fully saturated rings. The monoisotopic (exact) mass is 482 g/mol. The van der Waals surface area contributed by atoms with Crippen LogP contribution in [0, 0.1) is 11.3 Å². The van der Waals surface area contributed by atoms with Crippen LogP contribution >= 0.6 is 11.8 Å².